The molecular weight excluding hydrogens is 204 g/mol. The zero-order valence-electron chi connectivity index (χ0n) is 8.97. The quantitative estimate of drug-likeness (QED) is 0.582. The summed E-state index contributed by atoms with van der Waals surface area (Å²) >= 11 is 0. The Hall–Kier alpha value is -1.87. The topological polar surface area (TPSA) is 35.5 Å². The van der Waals surface area contributed by atoms with Crippen molar-refractivity contribution in [2.45, 2.75) is 0 Å². The molecule has 2 aromatic carbocycles. The third-order valence-electron chi connectivity index (χ3n) is 2.38. The molecule has 0 aliphatic carbocycles. The molecule has 0 fully saturated rings. The number of hydrogen-bond donors (Lipinski definition) is 0. The maximum atomic E-state index is 10.9. The van der Waals surface area contributed by atoms with Crippen LogP contribution >= 0.6 is 0 Å². The molecule has 0 saturated heterocycles. The first kappa shape index (κ1) is 10.6. The van der Waals surface area contributed by atoms with E-state index in [1.165, 1.54) is 0 Å². The SMILES string of the molecule is COCOc1ccc(C=O)c2ccccc12. The van der Waals surface area contributed by atoms with Crippen LogP contribution in [0.15, 0.2) is 36.4 Å². The number of carbonyl (C=O) groups is 1. The van der Waals surface area contributed by atoms with Gasteiger partial charge in [0.2, 0.25) is 0 Å². The molecule has 0 spiro atoms. The highest BCUT2D eigenvalue weighted by Gasteiger charge is 2.05. The highest BCUT2D eigenvalue weighted by molar-refractivity contribution is 6.00. The first-order valence-corrected chi connectivity index (χ1v) is 4.95. The number of methoxy groups -OCH3 is 1. The number of carbonyl (C=O) groups excluding carboxylic acids is 1. The van der Waals surface area contributed by atoms with Crippen LogP contribution in [-0.2, 0) is 4.74 Å². The Morgan fingerprint density at radius 2 is 1.88 bits per heavy atom. The van der Waals surface area contributed by atoms with Crippen LogP contribution in [0, 0.1) is 0 Å². The van der Waals surface area contributed by atoms with Crippen molar-refractivity contribution in [3.8, 4) is 5.75 Å². The van der Waals surface area contributed by atoms with E-state index in [1.54, 1.807) is 19.2 Å². The van der Waals surface area contributed by atoms with Crippen molar-refractivity contribution >= 4 is 17.1 Å². The number of ether oxygens (including phenoxy) is 2. The lowest BCUT2D eigenvalue weighted by atomic mass is 10.0. The van der Waals surface area contributed by atoms with Gasteiger partial charge in [0.25, 0.3) is 0 Å². The number of aldehydes is 1. The van der Waals surface area contributed by atoms with E-state index in [9.17, 15) is 4.79 Å². The molecular formula is C13H12O3. The van der Waals surface area contributed by atoms with Crippen LogP contribution in [0.1, 0.15) is 10.4 Å². The smallest absolute Gasteiger partial charge is 0.188 e. The average molecular weight is 216 g/mol. The average Bonchev–Trinajstić information content (AvgIpc) is 2.36. The Balaban J connectivity index is 2.55. The lowest BCUT2D eigenvalue weighted by molar-refractivity contribution is 0.0522. The van der Waals surface area contributed by atoms with Crippen molar-refractivity contribution in [3.63, 3.8) is 0 Å². The van der Waals surface area contributed by atoms with E-state index in [1.807, 2.05) is 24.3 Å². The van der Waals surface area contributed by atoms with Gasteiger partial charge in [-0.1, -0.05) is 24.3 Å². The number of fused-ring (bicyclic) bond motifs is 1. The van der Waals surface area contributed by atoms with Crippen molar-refractivity contribution < 1.29 is 14.3 Å². The molecule has 0 radical (unpaired) electrons. The van der Waals surface area contributed by atoms with Crippen molar-refractivity contribution in [1.29, 1.82) is 0 Å². The molecule has 0 bridgehead atoms. The summed E-state index contributed by atoms with van der Waals surface area (Å²) in [6.07, 6.45) is 0.850. The van der Waals surface area contributed by atoms with E-state index in [2.05, 4.69) is 0 Å². The van der Waals surface area contributed by atoms with Crippen molar-refractivity contribution in [1.82, 2.24) is 0 Å². The molecule has 3 nitrogen and oxygen atoms in total. The maximum Gasteiger partial charge on any atom is 0.188 e. The van der Waals surface area contributed by atoms with Gasteiger partial charge in [-0.15, -0.1) is 0 Å². The fourth-order valence-electron chi connectivity index (χ4n) is 1.65. The predicted octanol–water partition coefficient (Wildman–Crippen LogP) is 2.64. The Bertz CT molecular complexity index is 506. The Kier molecular flexibility index (Phi) is 3.17. The van der Waals surface area contributed by atoms with Gasteiger partial charge >= 0.3 is 0 Å². The maximum absolute atomic E-state index is 10.9. The molecule has 0 aliphatic heterocycles. The molecule has 0 aromatic heterocycles. The van der Waals surface area contributed by atoms with Crippen LogP contribution in [0.2, 0.25) is 0 Å². The van der Waals surface area contributed by atoms with Crippen LogP contribution in [0.25, 0.3) is 10.8 Å². The number of rotatable bonds is 4. The van der Waals surface area contributed by atoms with Crippen LogP contribution in [0.5, 0.6) is 5.75 Å². The van der Waals surface area contributed by atoms with Gasteiger partial charge in [-0.2, -0.15) is 0 Å². The molecule has 0 atom stereocenters. The van der Waals surface area contributed by atoms with Gasteiger partial charge in [0.15, 0.2) is 13.1 Å². The van der Waals surface area contributed by atoms with Crippen LogP contribution < -0.4 is 4.74 Å². The summed E-state index contributed by atoms with van der Waals surface area (Å²) in [7, 11) is 1.57. The first-order chi connectivity index (χ1) is 7.86. The summed E-state index contributed by atoms with van der Waals surface area (Å²) in [4.78, 5) is 10.9. The minimum atomic E-state index is 0.199. The van der Waals surface area contributed by atoms with E-state index >= 15 is 0 Å². The van der Waals surface area contributed by atoms with E-state index in [0.717, 1.165) is 22.8 Å². The van der Waals surface area contributed by atoms with E-state index in [4.69, 9.17) is 9.47 Å². The largest absolute Gasteiger partial charge is 0.467 e. The third-order valence-corrected chi connectivity index (χ3v) is 2.38. The fraction of sp³-hybridized carbons (Fsp3) is 0.154. The molecule has 0 heterocycles. The molecule has 16 heavy (non-hydrogen) atoms. The minimum Gasteiger partial charge on any atom is -0.467 e. The molecule has 0 unspecified atom stereocenters. The minimum absolute atomic E-state index is 0.199. The van der Waals surface area contributed by atoms with Crippen LogP contribution in [0.3, 0.4) is 0 Å². The summed E-state index contributed by atoms with van der Waals surface area (Å²) in [5.74, 6) is 0.725. The summed E-state index contributed by atoms with van der Waals surface area (Å²) in [6.45, 7) is 0.199. The predicted molar refractivity (Wildman–Crippen MR) is 61.8 cm³/mol. The van der Waals surface area contributed by atoms with Crippen molar-refractivity contribution in [2.24, 2.45) is 0 Å². The molecule has 0 aliphatic rings. The van der Waals surface area contributed by atoms with Gasteiger partial charge in [-0.25, -0.2) is 0 Å². The normalized spacial score (nSPS) is 10.3. The second-order valence-electron chi connectivity index (χ2n) is 3.37. The third kappa shape index (κ3) is 1.90. The van der Waals surface area contributed by atoms with Gasteiger partial charge in [0.05, 0.1) is 0 Å². The first-order valence-electron chi connectivity index (χ1n) is 4.95. The molecule has 0 amide bonds. The lowest BCUT2D eigenvalue weighted by Gasteiger charge is -2.09. The zero-order chi connectivity index (χ0) is 11.4. The zero-order valence-corrected chi connectivity index (χ0v) is 8.97. The summed E-state index contributed by atoms with van der Waals surface area (Å²) < 4.78 is 10.3. The van der Waals surface area contributed by atoms with Crippen LogP contribution in [-0.4, -0.2) is 20.2 Å². The van der Waals surface area contributed by atoms with E-state index in [-0.39, 0.29) is 6.79 Å². The molecule has 0 saturated carbocycles. The van der Waals surface area contributed by atoms with E-state index < -0.39 is 0 Å². The van der Waals surface area contributed by atoms with Crippen LogP contribution in [0.4, 0.5) is 0 Å². The lowest BCUT2D eigenvalue weighted by Crippen LogP contribution is -1.99. The van der Waals surface area contributed by atoms with Crippen molar-refractivity contribution in [2.75, 3.05) is 13.9 Å². The van der Waals surface area contributed by atoms with Gasteiger partial charge in [0, 0.05) is 18.1 Å². The van der Waals surface area contributed by atoms with Gasteiger partial charge in [-0.05, 0) is 17.5 Å². The summed E-state index contributed by atoms with van der Waals surface area (Å²) in [6, 6.07) is 11.2. The Morgan fingerprint density at radius 1 is 1.12 bits per heavy atom. The number of benzene rings is 2. The summed E-state index contributed by atoms with van der Waals surface area (Å²) in [5.41, 5.74) is 0.667. The van der Waals surface area contributed by atoms with E-state index in [0.29, 0.717) is 5.56 Å². The highest BCUT2D eigenvalue weighted by Crippen LogP contribution is 2.27. The second kappa shape index (κ2) is 4.77. The summed E-state index contributed by atoms with van der Waals surface area (Å²) in [5, 5.41) is 1.82. The number of hydrogen-bond acceptors (Lipinski definition) is 3. The molecule has 0 N–H and O–H groups in total. The highest BCUT2D eigenvalue weighted by atomic mass is 16.7. The second-order valence-corrected chi connectivity index (χ2v) is 3.37. The Morgan fingerprint density at radius 3 is 2.56 bits per heavy atom. The van der Waals surface area contributed by atoms with Crippen molar-refractivity contribution in [3.05, 3.63) is 42.0 Å². The van der Waals surface area contributed by atoms with Gasteiger partial charge < -0.3 is 9.47 Å². The monoisotopic (exact) mass is 216 g/mol. The van der Waals surface area contributed by atoms with Gasteiger partial charge in [-0.3, -0.25) is 4.79 Å². The van der Waals surface area contributed by atoms with Gasteiger partial charge in [0.1, 0.15) is 5.75 Å². The Labute approximate surface area is 93.6 Å². The molecule has 2 aromatic rings. The standard InChI is InChI=1S/C13H12O3/c1-15-9-16-13-7-6-10(8-14)11-4-2-3-5-12(11)13/h2-8H,9H2,1H3. The molecule has 2 rings (SSSR count). The molecule has 82 valence electrons. The fourth-order valence-corrected chi connectivity index (χ4v) is 1.65. The molecule has 3 heteroatoms.